The molecule has 3 rings (SSSR count). The lowest BCUT2D eigenvalue weighted by Gasteiger charge is -2.03. The van der Waals surface area contributed by atoms with Crippen LogP contribution in [0.15, 0.2) is 12.1 Å². The molecule has 0 aliphatic carbocycles. The molecule has 0 unspecified atom stereocenters. The van der Waals surface area contributed by atoms with Crippen LogP contribution in [0.3, 0.4) is 0 Å². The van der Waals surface area contributed by atoms with Crippen molar-refractivity contribution >= 4 is 32.9 Å². The zero-order chi connectivity index (χ0) is 12.2. The van der Waals surface area contributed by atoms with Crippen LogP contribution in [0.4, 0.5) is 11.6 Å². The Kier molecular flexibility index (Phi) is 1.86. The van der Waals surface area contributed by atoms with Crippen LogP contribution in [0.5, 0.6) is 0 Å². The number of anilines is 2. The maximum atomic E-state index is 11.3. The summed E-state index contributed by atoms with van der Waals surface area (Å²) in [7, 11) is -3.53. The molecule has 2 heterocycles. The highest BCUT2D eigenvalue weighted by atomic mass is 32.2. The number of hydrogen-bond acceptors (Lipinski definition) is 4. The van der Waals surface area contributed by atoms with Gasteiger partial charge in [0.05, 0.1) is 11.0 Å². The first-order valence-corrected chi connectivity index (χ1v) is 6.52. The molecular weight excluding hydrogens is 240 g/mol. The Bertz CT molecular complexity index is 683. The largest absolute Gasteiger partial charge is 0.324 e. The second-order valence-electron chi connectivity index (χ2n) is 4.05. The molecule has 1 aromatic carbocycles. The molecule has 1 aliphatic heterocycles. The molecular formula is C10H10N4O2S. The number of hydrogen-bond donors (Lipinski definition) is 2. The van der Waals surface area contributed by atoms with Crippen LogP contribution >= 0.6 is 0 Å². The Hall–Kier alpha value is -1.89. The van der Waals surface area contributed by atoms with Crippen molar-refractivity contribution in [1.82, 2.24) is 9.97 Å². The second kappa shape index (κ2) is 3.07. The summed E-state index contributed by atoms with van der Waals surface area (Å²) in [4.78, 5) is 8.48. The van der Waals surface area contributed by atoms with Gasteiger partial charge in [-0.2, -0.15) is 8.42 Å². The SMILES string of the molecule is Cc1cc2nc3c(nc2cc1C)NS(=O)(=O)N3. The average molecular weight is 250 g/mol. The van der Waals surface area contributed by atoms with E-state index in [4.69, 9.17) is 0 Å². The fourth-order valence-electron chi connectivity index (χ4n) is 1.73. The van der Waals surface area contributed by atoms with Crippen molar-refractivity contribution < 1.29 is 8.42 Å². The maximum absolute atomic E-state index is 11.3. The third kappa shape index (κ3) is 1.59. The molecule has 7 heteroatoms. The first kappa shape index (κ1) is 10.3. The van der Waals surface area contributed by atoms with Crippen LogP contribution < -0.4 is 9.44 Å². The quantitative estimate of drug-likeness (QED) is 0.738. The zero-order valence-corrected chi connectivity index (χ0v) is 10.1. The number of benzene rings is 1. The van der Waals surface area contributed by atoms with E-state index in [0.717, 1.165) is 11.1 Å². The molecule has 2 aromatic rings. The van der Waals surface area contributed by atoms with E-state index in [1.807, 2.05) is 26.0 Å². The summed E-state index contributed by atoms with van der Waals surface area (Å²) in [6.45, 7) is 3.96. The normalized spacial score (nSPS) is 16.4. The summed E-state index contributed by atoms with van der Waals surface area (Å²) in [6, 6.07) is 3.79. The van der Waals surface area contributed by atoms with E-state index in [9.17, 15) is 8.42 Å². The molecule has 6 nitrogen and oxygen atoms in total. The van der Waals surface area contributed by atoms with Crippen molar-refractivity contribution in [2.75, 3.05) is 9.44 Å². The Balaban J connectivity index is 2.30. The lowest BCUT2D eigenvalue weighted by Crippen LogP contribution is -2.13. The number of aromatic nitrogens is 2. The summed E-state index contributed by atoms with van der Waals surface area (Å²) >= 11 is 0. The van der Waals surface area contributed by atoms with Gasteiger partial charge < -0.3 is 0 Å². The first-order chi connectivity index (χ1) is 7.94. The zero-order valence-electron chi connectivity index (χ0n) is 9.27. The summed E-state index contributed by atoms with van der Waals surface area (Å²) < 4.78 is 27.2. The van der Waals surface area contributed by atoms with E-state index < -0.39 is 10.2 Å². The number of aryl methyl sites for hydroxylation is 2. The van der Waals surface area contributed by atoms with Crippen LogP contribution in [0.2, 0.25) is 0 Å². The van der Waals surface area contributed by atoms with E-state index in [1.165, 1.54) is 0 Å². The first-order valence-electron chi connectivity index (χ1n) is 5.04. The van der Waals surface area contributed by atoms with E-state index in [0.29, 0.717) is 11.0 Å². The maximum Gasteiger partial charge on any atom is 0.324 e. The summed E-state index contributed by atoms with van der Waals surface area (Å²) in [5.74, 6) is 0.501. The number of rotatable bonds is 0. The summed E-state index contributed by atoms with van der Waals surface area (Å²) in [5, 5.41) is 0. The Labute approximate surface area is 98.3 Å². The predicted octanol–water partition coefficient (Wildman–Crippen LogP) is 1.33. The Morgan fingerprint density at radius 1 is 0.941 bits per heavy atom. The molecule has 0 atom stereocenters. The summed E-state index contributed by atoms with van der Waals surface area (Å²) in [5.41, 5.74) is 3.55. The topological polar surface area (TPSA) is 84.0 Å². The highest BCUT2D eigenvalue weighted by Gasteiger charge is 2.25. The van der Waals surface area contributed by atoms with Gasteiger partial charge in [0.2, 0.25) is 0 Å². The van der Waals surface area contributed by atoms with Gasteiger partial charge in [-0.3, -0.25) is 0 Å². The highest BCUT2D eigenvalue weighted by Crippen LogP contribution is 2.28. The predicted molar refractivity (Wildman–Crippen MR) is 65.2 cm³/mol. The van der Waals surface area contributed by atoms with Gasteiger partial charge in [-0.1, -0.05) is 0 Å². The van der Waals surface area contributed by atoms with E-state index >= 15 is 0 Å². The van der Waals surface area contributed by atoms with Crippen molar-refractivity contribution in [2.45, 2.75) is 13.8 Å². The Morgan fingerprint density at radius 3 is 1.76 bits per heavy atom. The number of nitrogens with one attached hydrogen (secondary N) is 2. The highest BCUT2D eigenvalue weighted by molar-refractivity contribution is 7.94. The molecule has 0 fully saturated rings. The van der Waals surface area contributed by atoms with Crippen molar-refractivity contribution in [3.63, 3.8) is 0 Å². The fourth-order valence-corrected chi connectivity index (χ4v) is 2.58. The fraction of sp³-hybridized carbons (Fsp3) is 0.200. The minimum atomic E-state index is -3.53. The second-order valence-corrected chi connectivity index (χ2v) is 5.47. The monoisotopic (exact) mass is 250 g/mol. The van der Waals surface area contributed by atoms with Crippen molar-refractivity contribution in [3.05, 3.63) is 23.3 Å². The van der Waals surface area contributed by atoms with E-state index in [1.54, 1.807) is 0 Å². The third-order valence-corrected chi connectivity index (χ3v) is 3.67. The molecule has 0 saturated heterocycles. The minimum absolute atomic E-state index is 0.251. The molecule has 0 saturated carbocycles. The van der Waals surface area contributed by atoms with E-state index in [2.05, 4.69) is 19.4 Å². The lowest BCUT2D eigenvalue weighted by atomic mass is 10.1. The molecule has 0 radical (unpaired) electrons. The molecule has 1 aliphatic rings. The molecule has 2 N–H and O–H groups in total. The van der Waals surface area contributed by atoms with Crippen molar-refractivity contribution in [3.8, 4) is 0 Å². The number of nitrogens with zero attached hydrogens (tertiary/aromatic N) is 2. The van der Waals surface area contributed by atoms with Crippen molar-refractivity contribution in [1.29, 1.82) is 0 Å². The van der Waals surface area contributed by atoms with Gasteiger partial charge in [0, 0.05) is 0 Å². The van der Waals surface area contributed by atoms with Gasteiger partial charge in [0.1, 0.15) is 0 Å². The number of fused-ring (bicyclic) bond motifs is 2. The van der Waals surface area contributed by atoms with Gasteiger partial charge in [0.15, 0.2) is 11.6 Å². The molecule has 0 spiro atoms. The molecule has 1 aromatic heterocycles. The minimum Gasteiger partial charge on any atom is -0.247 e. The van der Waals surface area contributed by atoms with Crippen LogP contribution in [-0.2, 0) is 10.2 Å². The smallest absolute Gasteiger partial charge is 0.247 e. The molecule has 88 valence electrons. The van der Waals surface area contributed by atoms with Gasteiger partial charge >= 0.3 is 10.2 Å². The third-order valence-electron chi connectivity index (χ3n) is 2.74. The van der Waals surface area contributed by atoms with Crippen molar-refractivity contribution in [2.24, 2.45) is 0 Å². The molecule has 0 amide bonds. The van der Waals surface area contributed by atoms with Gasteiger partial charge in [-0.15, -0.1) is 0 Å². The standard InChI is InChI=1S/C10H10N4O2S/c1-5-3-7-8(4-6(5)2)12-10-9(11-7)13-17(15,16)14-10/h3-4H,1-2H3,(H,11,13)(H,12,14). The van der Waals surface area contributed by atoms with Gasteiger partial charge in [0.25, 0.3) is 0 Å². The van der Waals surface area contributed by atoms with E-state index in [-0.39, 0.29) is 11.6 Å². The molecule has 17 heavy (non-hydrogen) atoms. The van der Waals surface area contributed by atoms with Crippen LogP contribution in [0, 0.1) is 13.8 Å². The average Bonchev–Trinajstić information content (AvgIpc) is 2.50. The Morgan fingerprint density at radius 2 is 1.35 bits per heavy atom. The van der Waals surface area contributed by atoms with Crippen LogP contribution in [0.25, 0.3) is 11.0 Å². The lowest BCUT2D eigenvalue weighted by molar-refractivity contribution is 0.607. The van der Waals surface area contributed by atoms with Gasteiger partial charge in [-0.25, -0.2) is 19.4 Å². The molecule has 0 bridgehead atoms. The van der Waals surface area contributed by atoms with Crippen LogP contribution in [0.1, 0.15) is 11.1 Å². The van der Waals surface area contributed by atoms with Crippen LogP contribution in [-0.4, -0.2) is 18.4 Å². The van der Waals surface area contributed by atoms with Gasteiger partial charge in [-0.05, 0) is 37.1 Å². The summed E-state index contributed by atoms with van der Waals surface area (Å²) in [6.07, 6.45) is 0.